The predicted molar refractivity (Wildman–Crippen MR) is 106 cm³/mol. The summed E-state index contributed by atoms with van der Waals surface area (Å²) < 4.78 is 33.6. The Labute approximate surface area is 167 Å². The van der Waals surface area contributed by atoms with Gasteiger partial charge in [0.15, 0.2) is 5.82 Å². The van der Waals surface area contributed by atoms with E-state index < -0.39 is 10.3 Å². The highest BCUT2D eigenvalue weighted by atomic mass is 79.9. The Balaban J connectivity index is 1.96. The van der Waals surface area contributed by atoms with E-state index in [2.05, 4.69) is 31.1 Å². The van der Waals surface area contributed by atoms with Crippen molar-refractivity contribution in [3.63, 3.8) is 0 Å². The Morgan fingerprint density at radius 2 is 1.96 bits per heavy atom. The number of hydrogen-bond acceptors (Lipinski definition) is 6. The van der Waals surface area contributed by atoms with Crippen LogP contribution in [0.15, 0.2) is 51.2 Å². The summed E-state index contributed by atoms with van der Waals surface area (Å²) >= 11 is 3.28. The number of nitrogens with zero attached hydrogens (tertiary/aromatic N) is 4. The molecule has 0 aliphatic rings. The molecule has 0 aliphatic carbocycles. The average Bonchev–Trinajstić information content (AvgIpc) is 2.61. The first-order chi connectivity index (χ1) is 12.8. The zero-order valence-electron chi connectivity index (χ0n) is 14.8. The zero-order chi connectivity index (χ0) is 19.9. The number of phenols is 1. The van der Waals surface area contributed by atoms with Gasteiger partial charge < -0.3 is 5.11 Å². The van der Waals surface area contributed by atoms with Crippen LogP contribution in [-0.4, -0.2) is 40.5 Å². The van der Waals surface area contributed by atoms with E-state index in [1.54, 1.807) is 36.5 Å². The van der Waals surface area contributed by atoms with Crippen LogP contribution in [0.2, 0.25) is 0 Å². The quantitative estimate of drug-likeness (QED) is 0.428. The standard InChI is InChI=1S/C17H21BrN4O4S/c1-2-9-22(27(24,25)26)10-3-4-13-5-7-15(16(23)11-13)20-21-17-8-6-14(18)12-19-17/h5-8,11-12,23H,2-4,9-10H2,1H3,(H,24,25,26). The highest BCUT2D eigenvalue weighted by Crippen LogP contribution is 2.29. The van der Waals surface area contributed by atoms with E-state index in [9.17, 15) is 18.1 Å². The normalized spacial score (nSPS) is 12.1. The van der Waals surface area contributed by atoms with E-state index >= 15 is 0 Å². The minimum absolute atomic E-state index is 0.0199. The molecule has 0 saturated carbocycles. The van der Waals surface area contributed by atoms with Crippen LogP contribution in [0.4, 0.5) is 11.5 Å². The molecular formula is C17H21BrN4O4S. The molecule has 0 aliphatic heterocycles. The van der Waals surface area contributed by atoms with Crippen molar-refractivity contribution in [2.45, 2.75) is 26.2 Å². The number of aryl methyl sites for hydroxylation is 1. The maximum atomic E-state index is 11.3. The van der Waals surface area contributed by atoms with Crippen LogP contribution in [0.1, 0.15) is 25.3 Å². The Hall–Kier alpha value is -1.88. The van der Waals surface area contributed by atoms with Gasteiger partial charge in [-0.15, -0.1) is 10.2 Å². The second-order valence-corrected chi connectivity index (χ2v) is 8.17. The number of azo groups is 1. The molecule has 1 heterocycles. The molecule has 0 saturated heterocycles. The van der Waals surface area contributed by atoms with Gasteiger partial charge in [0.2, 0.25) is 0 Å². The molecule has 2 aromatic rings. The summed E-state index contributed by atoms with van der Waals surface area (Å²) in [5.41, 5.74) is 1.15. The number of hydrogen-bond donors (Lipinski definition) is 2. The second kappa shape index (κ2) is 9.88. The van der Waals surface area contributed by atoms with Gasteiger partial charge in [0.1, 0.15) is 11.4 Å². The van der Waals surface area contributed by atoms with Crippen molar-refractivity contribution in [3.05, 3.63) is 46.6 Å². The molecule has 0 atom stereocenters. The third kappa shape index (κ3) is 6.98. The molecule has 0 radical (unpaired) electrons. The Kier molecular flexibility index (Phi) is 7.84. The van der Waals surface area contributed by atoms with Crippen LogP contribution in [0, 0.1) is 0 Å². The SMILES string of the molecule is CCCN(CCCc1ccc(N=Nc2ccc(Br)cn2)c(O)c1)S(=O)(=O)O. The lowest BCUT2D eigenvalue weighted by Gasteiger charge is -2.17. The van der Waals surface area contributed by atoms with E-state index in [1.165, 1.54) is 0 Å². The number of benzene rings is 1. The summed E-state index contributed by atoms with van der Waals surface area (Å²) in [6.45, 7) is 2.32. The highest BCUT2D eigenvalue weighted by molar-refractivity contribution is 9.10. The van der Waals surface area contributed by atoms with Gasteiger partial charge in [-0.1, -0.05) is 13.0 Å². The molecule has 0 fully saturated rings. The Morgan fingerprint density at radius 1 is 1.19 bits per heavy atom. The monoisotopic (exact) mass is 456 g/mol. The topological polar surface area (TPSA) is 115 Å². The summed E-state index contributed by atoms with van der Waals surface area (Å²) in [6.07, 6.45) is 3.29. The molecular weight excluding hydrogens is 436 g/mol. The van der Waals surface area contributed by atoms with Gasteiger partial charge in [-0.25, -0.2) is 4.98 Å². The van der Waals surface area contributed by atoms with E-state index in [1.807, 2.05) is 6.92 Å². The smallest absolute Gasteiger partial charge is 0.335 e. The molecule has 2 N–H and O–H groups in total. The van der Waals surface area contributed by atoms with Crippen molar-refractivity contribution in [1.82, 2.24) is 9.29 Å². The molecule has 1 aromatic heterocycles. The number of rotatable bonds is 9. The van der Waals surface area contributed by atoms with Crippen molar-refractivity contribution in [3.8, 4) is 5.75 Å². The molecule has 1 aromatic carbocycles. The summed E-state index contributed by atoms with van der Waals surface area (Å²) in [6, 6.07) is 8.48. The third-order valence-corrected chi connectivity index (χ3v) is 5.17. The molecule has 0 unspecified atom stereocenters. The number of phenolic OH excluding ortho intramolecular Hbond substituents is 1. The zero-order valence-corrected chi connectivity index (χ0v) is 17.2. The van der Waals surface area contributed by atoms with Gasteiger partial charge >= 0.3 is 10.3 Å². The molecule has 146 valence electrons. The van der Waals surface area contributed by atoms with Gasteiger partial charge in [0.25, 0.3) is 0 Å². The van der Waals surface area contributed by atoms with Crippen LogP contribution in [0.5, 0.6) is 5.75 Å². The van der Waals surface area contributed by atoms with Crippen LogP contribution >= 0.6 is 15.9 Å². The van der Waals surface area contributed by atoms with Gasteiger partial charge in [0, 0.05) is 23.8 Å². The van der Waals surface area contributed by atoms with Gasteiger partial charge in [-0.3, -0.25) is 4.55 Å². The van der Waals surface area contributed by atoms with Gasteiger partial charge in [-0.05, 0) is 65.0 Å². The van der Waals surface area contributed by atoms with E-state index in [4.69, 9.17) is 0 Å². The first kappa shape index (κ1) is 21.4. The fraction of sp³-hybridized carbons (Fsp3) is 0.353. The fourth-order valence-electron chi connectivity index (χ4n) is 2.39. The molecule has 27 heavy (non-hydrogen) atoms. The first-order valence-electron chi connectivity index (χ1n) is 8.37. The lowest BCUT2D eigenvalue weighted by molar-refractivity contribution is 0.347. The van der Waals surface area contributed by atoms with Crippen LogP contribution in [0.3, 0.4) is 0 Å². The molecule has 0 spiro atoms. The van der Waals surface area contributed by atoms with Crippen molar-refractivity contribution in [1.29, 1.82) is 0 Å². The third-order valence-electron chi connectivity index (χ3n) is 3.68. The summed E-state index contributed by atoms with van der Waals surface area (Å²) in [5.74, 6) is 0.400. The lowest BCUT2D eigenvalue weighted by atomic mass is 10.1. The maximum absolute atomic E-state index is 11.3. The van der Waals surface area contributed by atoms with E-state index in [0.29, 0.717) is 30.8 Å². The predicted octanol–water partition coefficient (Wildman–Crippen LogP) is 4.41. The first-order valence-corrected chi connectivity index (χ1v) is 10.6. The van der Waals surface area contributed by atoms with E-state index in [-0.39, 0.29) is 18.8 Å². The second-order valence-electron chi connectivity index (χ2n) is 5.84. The van der Waals surface area contributed by atoms with Crippen molar-refractivity contribution >= 4 is 37.7 Å². The molecule has 8 nitrogen and oxygen atoms in total. The Bertz CT molecular complexity index is 888. The number of halogens is 1. The van der Waals surface area contributed by atoms with Crippen molar-refractivity contribution in [2.75, 3.05) is 13.1 Å². The van der Waals surface area contributed by atoms with Gasteiger partial charge in [-0.2, -0.15) is 12.7 Å². The average molecular weight is 457 g/mol. The van der Waals surface area contributed by atoms with Crippen LogP contribution in [-0.2, 0) is 16.7 Å². The number of pyridine rings is 1. The maximum Gasteiger partial charge on any atom is 0.335 e. The Morgan fingerprint density at radius 3 is 2.56 bits per heavy atom. The molecule has 2 rings (SSSR count). The molecule has 10 heteroatoms. The van der Waals surface area contributed by atoms with Gasteiger partial charge in [0.05, 0.1) is 0 Å². The van der Waals surface area contributed by atoms with Crippen LogP contribution < -0.4 is 0 Å². The lowest BCUT2D eigenvalue weighted by Crippen LogP contribution is -2.32. The summed E-state index contributed by atoms with van der Waals surface area (Å²) in [5, 5.41) is 18.1. The van der Waals surface area contributed by atoms with E-state index in [0.717, 1.165) is 14.3 Å². The molecule has 0 amide bonds. The summed E-state index contributed by atoms with van der Waals surface area (Å²) in [7, 11) is -4.19. The number of aromatic hydroxyl groups is 1. The van der Waals surface area contributed by atoms with Crippen molar-refractivity contribution < 1.29 is 18.1 Å². The van der Waals surface area contributed by atoms with Crippen LogP contribution in [0.25, 0.3) is 0 Å². The minimum atomic E-state index is -4.19. The minimum Gasteiger partial charge on any atom is -0.506 e. The molecule has 0 bridgehead atoms. The highest BCUT2D eigenvalue weighted by Gasteiger charge is 2.17. The fourth-order valence-corrected chi connectivity index (χ4v) is 3.40. The van der Waals surface area contributed by atoms with Crippen molar-refractivity contribution in [2.24, 2.45) is 10.2 Å². The summed E-state index contributed by atoms with van der Waals surface area (Å²) in [4.78, 5) is 4.07. The number of aromatic nitrogens is 1. The largest absolute Gasteiger partial charge is 0.506 e.